The van der Waals surface area contributed by atoms with Gasteiger partial charge in [0.25, 0.3) is 5.91 Å². The zero-order chi connectivity index (χ0) is 13.3. The first-order chi connectivity index (χ1) is 9.22. The highest BCUT2D eigenvalue weighted by molar-refractivity contribution is 7.09. The molecule has 2 fully saturated rings. The van der Waals surface area contributed by atoms with E-state index in [0.29, 0.717) is 6.54 Å². The highest BCUT2D eigenvalue weighted by Crippen LogP contribution is 2.37. The third-order valence-electron chi connectivity index (χ3n) is 4.23. The summed E-state index contributed by atoms with van der Waals surface area (Å²) in [5.41, 5.74) is -0.586. The van der Waals surface area contributed by atoms with Gasteiger partial charge in [0.2, 0.25) is 0 Å². The standard InChI is InChI=1S/C14H18N2O2S/c17-12-14(7-3-1-2-4-8-14)16(13(18)15-12)10-11-6-5-9-19-11/h5-6,9H,1-4,7-8,10H2,(H,15,17,18). The van der Waals surface area contributed by atoms with Crippen molar-refractivity contribution in [2.75, 3.05) is 0 Å². The smallest absolute Gasteiger partial charge is 0.305 e. The van der Waals surface area contributed by atoms with Gasteiger partial charge in [-0.05, 0) is 24.3 Å². The second-order valence-corrected chi connectivity index (χ2v) is 6.40. The van der Waals surface area contributed by atoms with Crippen molar-refractivity contribution < 1.29 is 9.59 Å². The van der Waals surface area contributed by atoms with Gasteiger partial charge >= 0.3 is 6.03 Å². The van der Waals surface area contributed by atoms with Crippen LogP contribution >= 0.6 is 11.3 Å². The molecule has 1 aliphatic carbocycles. The van der Waals surface area contributed by atoms with Crippen molar-refractivity contribution in [2.45, 2.75) is 50.6 Å². The highest BCUT2D eigenvalue weighted by atomic mass is 32.1. The number of nitrogens with one attached hydrogen (secondary N) is 1. The zero-order valence-corrected chi connectivity index (χ0v) is 11.7. The summed E-state index contributed by atoms with van der Waals surface area (Å²) in [5, 5.41) is 4.53. The molecule has 2 heterocycles. The second kappa shape index (κ2) is 4.96. The Labute approximate surface area is 116 Å². The normalized spacial score (nSPS) is 22.6. The molecule has 1 saturated carbocycles. The van der Waals surface area contributed by atoms with Crippen LogP contribution in [0.3, 0.4) is 0 Å². The van der Waals surface area contributed by atoms with Crippen LogP contribution in [0.1, 0.15) is 43.4 Å². The monoisotopic (exact) mass is 278 g/mol. The molecule has 3 rings (SSSR count). The minimum Gasteiger partial charge on any atom is -0.305 e. The van der Waals surface area contributed by atoms with E-state index in [2.05, 4.69) is 5.32 Å². The molecule has 0 bridgehead atoms. The maximum Gasteiger partial charge on any atom is 0.325 e. The number of amides is 3. The van der Waals surface area contributed by atoms with Crippen LogP contribution in [0, 0.1) is 0 Å². The third-order valence-corrected chi connectivity index (χ3v) is 5.09. The maximum absolute atomic E-state index is 12.3. The minimum absolute atomic E-state index is 0.0871. The lowest BCUT2D eigenvalue weighted by molar-refractivity contribution is -0.127. The molecule has 5 heteroatoms. The number of imide groups is 1. The predicted molar refractivity (Wildman–Crippen MR) is 73.8 cm³/mol. The number of nitrogens with zero attached hydrogens (tertiary/aromatic N) is 1. The molecule has 1 aromatic heterocycles. The average molecular weight is 278 g/mol. The minimum atomic E-state index is -0.586. The summed E-state index contributed by atoms with van der Waals surface area (Å²) >= 11 is 1.63. The molecular weight excluding hydrogens is 260 g/mol. The summed E-state index contributed by atoms with van der Waals surface area (Å²) in [7, 11) is 0. The number of carbonyl (C=O) groups excluding carboxylic acids is 2. The summed E-state index contributed by atoms with van der Waals surface area (Å²) in [6, 6.07) is 3.78. The Bertz CT molecular complexity index is 476. The first-order valence-corrected chi connectivity index (χ1v) is 7.76. The van der Waals surface area contributed by atoms with Crippen molar-refractivity contribution in [1.29, 1.82) is 0 Å². The Morgan fingerprint density at radius 3 is 2.58 bits per heavy atom. The number of rotatable bonds is 2. The van der Waals surface area contributed by atoms with E-state index in [0.717, 1.165) is 43.4 Å². The molecule has 1 aromatic rings. The van der Waals surface area contributed by atoms with E-state index < -0.39 is 5.54 Å². The maximum atomic E-state index is 12.3. The van der Waals surface area contributed by atoms with E-state index in [4.69, 9.17) is 0 Å². The lowest BCUT2D eigenvalue weighted by Crippen LogP contribution is -2.48. The van der Waals surface area contributed by atoms with Crippen LogP contribution in [0.5, 0.6) is 0 Å². The average Bonchev–Trinajstić information content (AvgIpc) is 2.87. The Morgan fingerprint density at radius 1 is 1.21 bits per heavy atom. The van der Waals surface area contributed by atoms with E-state index in [1.807, 2.05) is 17.5 Å². The molecular formula is C14H18N2O2S. The van der Waals surface area contributed by atoms with E-state index in [1.165, 1.54) is 0 Å². The van der Waals surface area contributed by atoms with Crippen LogP contribution in [0.15, 0.2) is 17.5 Å². The number of hydrogen-bond donors (Lipinski definition) is 1. The summed E-state index contributed by atoms with van der Waals surface area (Å²) in [6.07, 6.45) is 5.99. The van der Waals surface area contributed by atoms with E-state index in [9.17, 15) is 9.59 Å². The first kappa shape index (κ1) is 12.7. The van der Waals surface area contributed by atoms with Gasteiger partial charge in [0.15, 0.2) is 0 Å². The summed E-state index contributed by atoms with van der Waals surface area (Å²) in [6.45, 7) is 0.551. The number of urea groups is 1. The Kier molecular flexibility index (Phi) is 3.31. The van der Waals surface area contributed by atoms with Gasteiger partial charge in [0.1, 0.15) is 5.54 Å². The first-order valence-electron chi connectivity index (χ1n) is 6.88. The van der Waals surface area contributed by atoms with Gasteiger partial charge in [-0.1, -0.05) is 31.7 Å². The van der Waals surface area contributed by atoms with Crippen LogP contribution in [0.4, 0.5) is 4.79 Å². The molecule has 19 heavy (non-hydrogen) atoms. The molecule has 0 unspecified atom stereocenters. The van der Waals surface area contributed by atoms with Gasteiger partial charge in [0, 0.05) is 4.88 Å². The molecule has 0 atom stereocenters. The van der Waals surface area contributed by atoms with Crippen LogP contribution in [0.2, 0.25) is 0 Å². The van der Waals surface area contributed by atoms with Crippen molar-refractivity contribution in [3.8, 4) is 0 Å². The van der Waals surface area contributed by atoms with Crippen molar-refractivity contribution in [2.24, 2.45) is 0 Å². The van der Waals surface area contributed by atoms with Gasteiger partial charge in [-0.3, -0.25) is 10.1 Å². The predicted octanol–water partition coefficient (Wildman–Crippen LogP) is 2.89. The molecule has 0 aromatic carbocycles. The van der Waals surface area contributed by atoms with Crippen LogP contribution in [-0.2, 0) is 11.3 Å². The van der Waals surface area contributed by atoms with Crippen molar-refractivity contribution in [3.05, 3.63) is 22.4 Å². The topological polar surface area (TPSA) is 49.4 Å². The zero-order valence-electron chi connectivity index (χ0n) is 10.9. The molecule has 4 nitrogen and oxygen atoms in total. The third kappa shape index (κ3) is 2.16. The van der Waals surface area contributed by atoms with Crippen molar-refractivity contribution in [1.82, 2.24) is 10.2 Å². The fourth-order valence-corrected chi connectivity index (χ4v) is 3.88. The molecule has 102 valence electrons. The number of carbonyl (C=O) groups is 2. The van der Waals surface area contributed by atoms with Crippen LogP contribution in [-0.4, -0.2) is 22.4 Å². The second-order valence-electron chi connectivity index (χ2n) is 5.37. The lowest BCUT2D eigenvalue weighted by atomic mass is 9.88. The number of thiophene rings is 1. The fourth-order valence-electron chi connectivity index (χ4n) is 3.19. The number of hydrogen-bond acceptors (Lipinski definition) is 3. The molecule has 1 aliphatic heterocycles. The van der Waals surface area contributed by atoms with E-state index >= 15 is 0 Å². The highest BCUT2D eigenvalue weighted by Gasteiger charge is 2.52. The van der Waals surface area contributed by atoms with Crippen LogP contribution < -0.4 is 5.32 Å². The Hall–Kier alpha value is -1.36. The largest absolute Gasteiger partial charge is 0.325 e. The van der Waals surface area contributed by atoms with E-state index in [1.54, 1.807) is 16.2 Å². The summed E-state index contributed by atoms with van der Waals surface area (Å²) < 4.78 is 0. The lowest BCUT2D eigenvalue weighted by Gasteiger charge is -2.34. The Balaban J connectivity index is 1.89. The molecule has 1 saturated heterocycles. The Morgan fingerprint density at radius 2 is 1.95 bits per heavy atom. The van der Waals surface area contributed by atoms with Gasteiger partial charge in [-0.2, -0.15) is 0 Å². The van der Waals surface area contributed by atoms with E-state index in [-0.39, 0.29) is 11.9 Å². The fraction of sp³-hybridized carbons (Fsp3) is 0.571. The summed E-state index contributed by atoms with van der Waals surface area (Å²) in [4.78, 5) is 27.3. The molecule has 3 amide bonds. The molecule has 1 spiro atoms. The quantitative estimate of drug-likeness (QED) is 0.846. The van der Waals surface area contributed by atoms with Gasteiger partial charge in [-0.15, -0.1) is 11.3 Å². The molecule has 2 aliphatic rings. The SMILES string of the molecule is O=C1NC(=O)C2(CCCCCC2)N1Cc1cccs1. The van der Waals surface area contributed by atoms with Gasteiger partial charge in [-0.25, -0.2) is 4.79 Å². The van der Waals surface area contributed by atoms with Gasteiger partial charge in [0.05, 0.1) is 6.54 Å². The van der Waals surface area contributed by atoms with Crippen molar-refractivity contribution in [3.63, 3.8) is 0 Å². The molecule has 1 N–H and O–H groups in total. The summed E-state index contributed by atoms with van der Waals surface area (Å²) in [5.74, 6) is -0.0871. The van der Waals surface area contributed by atoms with Crippen LogP contribution in [0.25, 0.3) is 0 Å². The molecule has 0 radical (unpaired) electrons. The van der Waals surface area contributed by atoms with Crippen molar-refractivity contribution >= 4 is 23.3 Å². The van der Waals surface area contributed by atoms with Gasteiger partial charge < -0.3 is 4.90 Å².